The molecule has 0 radical (unpaired) electrons. The summed E-state index contributed by atoms with van der Waals surface area (Å²) < 4.78 is 11.2. The standard InChI is InChI=1S/2C12H10OS/c2*14-12-8-6-11(7-9-12)13-10-4-2-1-3-5-10/h2*1-9,14H. The average Bonchev–Trinajstić information content (AvgIpc) is 2.74. The van der Waals surface area contributed by atoms with Crippen molar-refractivity contribution in [1.29, 1.82) is 0 Å². The van der Waals surface area contributed by atoms with Gasteiger partial charge in [0.25, 0.3) is 0 Å². The smallest absolute Gasteiger partial charge is 0.127 e. The van der Waals surface area contributed by atoms with Crippen LogP contribution in [0.2, 0.25) is 0 Å². The average molecular weight is 405 g/mol. The summed E-state index contributed by atoms with van der Waals surface area (Å²) in [5.41, 5.74) is 0. The van der Waals surface area contributed by atoms with E-state index >= 15 is 0 Å². The van der Waals surface area contributed by atoms with Gasteiger partial charge in [0, 0.05) is 9.79 Å². The van der Waals surface area contributed by atoms with Crippen LogP contribution in [0.4, 0.5) is 0 Å². The number of ether oxygens (including phenoxy) is 2. The first kappa shape index (κ1) is 19.9. The Morgan fingerprint density at radius 2 is 0.643 bits per heavy atom. The fourth-order valence-electron chi connectivity index (χ4n) is 2.28. The Labute approximate surface area is 176 Å². The van der Waals surface area contributed by atoms with Crippen molar-refractivity contribution >= 4 is 25.3 Å². The lowest BCUT2D eigenvalue weighted by molar-refractivity contribution is 0.482. The summed E-state index contributed by atoms with van der Waals surface area (Å²) in [6.07, 6.45) is 0. The van der Waals surface area contributed by atoms with E-state index in [1.165, 1.54) is 0 Å². The molecule has 4 aromatic rings. The maximum Gasteiger partial charge on any atom is 0.127 e. The highest BCUT2D eigenvalue weighted by Gasteiger charge is 1.95. The molecule has 0 unspecified atom stereocenters. The fourth-order valence-corrected chi connectivity index (χ4v) is 2.58. The third kappa shape index (κ3) is 6.72. The molecular formula is C24H20O2S2. The van der Waals surface area contributed by atoms with E-state index in [0.717, 1.165) is 32.8 Å². The summed E-state index contributed by atoms with van der Waals surface area (Å²) in [7, 11) is 0. The first-order chi connectivity index (χ1) is 13.7. The number of rotatable bonds is 4. The van der Waals surface area contributed by atoms with E-state index in [1.54, 1.807) is 0 Å². The van der Waals surface area contributed by atoms with Gasteiger partial charge in [-0.3, -0.25) is 0 Å². The molecule has 0 fully saturated rings. The van der Waals surface area contributed by atoms with E-state index in [9.17, 15) is 0 Å². The summed E-state index contributed by atoms with van der Waals surface area (Å²) >= 11 is 8.40. The zero-order chi connectivity index (χ0) is 19.6. The number of thiol groups is 2. The fraction of sp³-hybridized carbons (Fsp3) is 0. The summed E-state index contributed by atoms with van der Waals surface area (Å²) in [5, 5.41) is 0. The number of hydrogen-bond donors (Lipinski definition) is 2. The Bertz CT molecular complexity index is 872. The second kappa shape index (κ2) is 10.5. The van der Waals surface area contributed by atoms with Gasteiger partial charge in [-0.15, -0.1) is 25.3 Å². The predicted octanol–water partition coefficient (Wildman–Crippen LogP) is 7.54. The van der Waals surface area contributed by atoms with E-state index in [2.05, 4.69) is 25.3 Å². The molecule has 0 saturated heterocycles. The summed E-state index contributed by atoms with van der Waals surface area (Å²) in [6, 6.07) is 34.6. The Kier molecular flexibility index (Phi) is 7.47. The second-order valence-electron chi connectivity index (χ2n) is 5.82. The maximum atomic E-state index is 5.60. The topological polar surface area (TPSA) is 18.5 Å². The van der Waals surface area contributed by atoms with Gasteiger partial charge in [-0.2, -0.15) is 0 Å². The van der Waals surface area contributed by atoms with Crippen LogP contribution in [0.1, 0.15) is 0 Å². The molecule has 0 aromatic heterocycles. The number of hydrogen-bond acceptors (Lipinski definition) is 4. The molecule has 140 valence electrons. The Morgan fingerprint density at radius 1 is 0.357 bits per heavy atom. The lowest BCUT2D eigenvalue weighted by Gasteiger charge is -2.04. The zero-order valence-corrected chi connectivity index (χ0v) is 16.9. The second-order valence-corrected chi connectivity index (χ2v) is 6.85. The summed E-state index contributed by atoms with van der Waals surface area (Å²) in [6.45, 7) is 0. The quantitative estimate of drug-likeness (QED) is 0.342. The van der Waals surface area contributed by atoms with Crippen LogP contribution in [0.25, 0.3) is 0 Å². The normalized spacial score (nSPS) is 9.79. The van der Waals surface area contributed by atoms with Gasteiger partial charge < -0.3 is 9.47 Å². The SMILES string of the molecule is Sc1ccc(Oc2ccccc2)cc1.Sc1ccc(Oc2ccccc2)cc1. The van der Waals surface area contributed by atoms with Crippen molar-refractivity contribution in [3.8, 4) is 23.0 Å². The molecule has 0 saturated carbocycles. The van der Waals surface area contributed by atoms with Gasteiger partial charge in [0.2, 0.25) is 0 Å². The third-order valence-electron chi connectivity index (χ3n) is 3.63. The molecule has 0 bridgehead atoms. The van der Waals surface area contributed by atoms with E-state index in [-0.39, 0.29) is 0 Å². The molecule has 0 spiro atoms. The van der Waals surface area contributed by atoms with E-state index in [4.69, 9.17) is 9.47 Å². The van der Waals surface area contributed by atoms with Gasteiger partial charge in [0.05, 0.1) is 0 Å². The molecule has 0 amide bonds. The number of benzene rings is 4. The predicted molar refractivity (Wildman–Crippen MR) is 120 cm³/mol. The molecule has 4 rings (SSSR count). The lowest BCUT2D eigenvalue weighted by atomic mass is 10.3. The van der Waals surface area contributed by atoms with Crippen LogP contribution in [0.15, 0.2) is 119 Å². The van der Waals surface area contributed by atoms with Crippen LogP contribution in [0.3, 0.4) is 0 Å². The molecule has 4 aromatic carbocycles. The van der Waals surface area contributed by atoms with Crippen molar-refractivity contribution in [3.05, 3.63) is 109 Å². The first-order valence-electron chi connectivity index (χ1n) is 8.73. The Balaban J connectivity index is 0.000000161. The third-order valence-corrected chi connectivity index (χ3v) is 4.23. The van der Waals surface area contributed by atoms with Gasteiger partial charge in [-0.05, 0) is 72.8 Å². The largest absolute Gasteiger partial charge is 0.457 e. The molecule has 28 heavy (non-hydrogen) atoms. The van der Waals surface area contributed by atoms with Gasteiger partial charge in [0.1, 0.15) is 23.0 Å². The van der Waals surface area contributed by atoms with Gasteiger partial charge in [0.15, 0.2) is 0 Å². The molecule has 2 nitrogen and oxygen atoms in total. The van der Waals surface area contributed by atoms with Crippen molar-refractivity contribution in [1.82, 2.24) is 0 Å². The van der Waals surface area contributed by atoms with E-state index < -0.39 is 0 Å². The van der Waals surface area contributed by atoms with Crippen molar-refractivity contribution < 1.29 is 9.47 Å². The maximum absolute atomic E-state index is 5.60. The van der Waals surface area contributed by atoms with Crippen LogP contribution < -0.4 is 9.47 Å². The highest BCUT2D eigenvalue weighted by Crippen LogP contribution is 2.22. The summed E-state index contributed by atoms with van der Waals surface area (Å²) in [5.74, 6) is 3.35. The van der Waals surface area contributed by atoms with E-state index in [0.29, 0.717) is 0 Å². The highest BCUT2D eigenvalue weighted by atomic mass is 32.1. The van der Waals surface area contributed by atoms with Crippen LogP contribution in [0, 0.1) is 0 Å². The molecule has 0 aliphatic heterocycles. The van der Waals surface area contributed by atoms with Crippen LogP contribution in [0.5, 0.6) is 23.0 Å². The molecule has 0 atom stereocenters. The van der Waals surface area contributed by atoms with Crippen LogP contribution >= 0.6 is 25.3 Å². The minimum Gasteiger partial charge on any atom is -0.457 e. The van der Waals surface area contributed by atoms with Crippen LogP contribution in [-0.2, 0) is 0 Å². The minimum atomic E-state index is 0.828. The van der Waals surface area contributed by atoms with E-state index in [1.807, 2.05) is 109 Å². The Morgan fingerprint density at radius 3 is 0.964 bits per heavy atom. The van der Waals surface area contributed by atoms with Crippen molar-refractivity contribution in [3.63, 3.8) is 0 Å². The lowest BCUT2D eigenvalue weighted by Crippen LogP contribution is -1.82. The number of para-hydroxylation sites is 2. The molecule has 0 aliphatic carbocycles. The highest BCUT2D eigenvalue weighted by molar-refractivity contribution is 7.80. The summed E-state index contributed by atoms with van der Waals surface area (Å²) in [4.78, 5) is 1.87. The molecular weight excluding hydrogens is 384 g/mol. The van der Waals surface area contributed by atoms with Gasteiger partial charge >= 0.3 is 0 Å². The monoisotopic (exact) mass is 404 g/mol. The Hall–Kier alpha value is -2.82. The minimum absolute atomic E-state index is 0.828. The van der Waals surface area contributed by atoms with Crippen molar-refractivity contribution in [2.24, 2.45) is 0 Å². The zero-order valence-electron chi connectivity index (χ0n) is 15.1. The van der Waals surface area contributed by atoms with Gasteiger partial charge in [-0.1, -0.05) is 36.4 Å². The van der Waals surface area contributed by atoms with Crippen molar-refractivity contribution in [2.75, 3.05) is 0 Å². The molecule has 0 heterocycles. The van der Waals surface area contributed by atoms with Gasteiger partial charge in [-0.25, -0.2) is 0 Å². The molecule has 0 aliphatic rings. The molecule has 4 heteroatoms. The van der Waals surface area contributed by atoms with Crippen LogP contribution in [-0.4, -0.2) is 0 Å². The molecule has 0 N–H and O–H groups in total. The van der Waals surface area contributed by atoms with Crippen molar-refractivity contribution in [2.45, 2.75) is 9.79 Å². The first-order valence-corrected chi connectivity index (χ1v) is 9.62.